The average Bonchev–Trinajstić information content (AvgIpc) is 3.20. The molecule has 1 aromatic rings. The monoisotopic (exact) mass is 374 g/mol. The van der Waals surface area contributed by atoms with E-state index >= 15 is 0 Å². The molecule has 3 rings (SSSR count). The SMILES string of the molecule is CCCCC1C(C)C1c1cncc(OCC2CCN2C(=O)OC(C)(C)C)c1. The molecule has 0 N–H and O–H groups in total. The molecule has 5 nitrogen and oxygen atoms in total. The Morgan fingerprint density at radius 2 is 2.11 bits per heavy atom. The van der Waals surface area contributed by atoms with Crippen molar-refractivity contribution in [2.24, 2.45) is 11.8 Å². The molecule has 4 atom stereocenters. The molecule has 2 heterocycles. The summed E-state index contributed by atoms with van der Waals surface area (Å²) in [6, 6.07) is 2.22. The quantitative estimate of drug-likeness (QED) is 0.673. The Morgan fingerprint density at radius 1 is 1.33 bits per heavy atom. The van der Waals surface area contributed by atoms with Gasteiger partial charge in [-0.1, -0.05) is 26.7 Å². The number of ether oxygens (including phenoxy) is 2. The number of nitrogens with zero attached hydrogens (tertiary/aromatic N) is 2. The van der Waals surface area contributed by atoms with Crippen LogP contribution in [0.25, 0.3) is 0 Å². The fourth-order valence-electron chi connectivity index (χ4n) is 4.04. The summed E-state index contributed by atoms with van der Waals surface area (Å²) in [5.41, 5.74) is 0.824. The molecule has 1 saturated heterocycles. The van der Waals surface area contributed by atoms with E-state index in [1.165, 1.54) is 24.8 Å². The van der Waals surface area contributed by atoms with Crippen molar-refractivity contribution in [3.05, 3.63) is 24.0 Å². The summed E-state index contributed by atoms with van der Waals surface area (Å²) >= 11 is 0. The molecule has 0 aromatic carbocycles. The van der Waals surface area contributed by atoms with E-state index in [0.717, 1.165) is 30.6 Å². The number of unbranched alkanes of at least 4 members (excludes halogenated alkanes) is 1. The van der Waals surface area contributed by atoms with Gasteiger partial charge >= 0.3 is 6.09 Å². The van der Waals surface area contributed by atoms with E-state index in [9.17, 15) is 4.79 Å². The van der Waals surface area contributed by atoms with Crippen molar-refractivity contribution in [1.29, 1.82) is 0 Å². The lowest BCUT2D eigenvalue weighted by Crippen LogP contribution is -2.55. The van der Waals surface area contributed by atoms with Gasteiger partial charge in [-0.3, -0.25) is 4.98 Å². The van der Waals surface area contributed by atoms with Crippen molar-refractivity contribution >= 4 is 6.09 Å². The first-order chi connectivity index (χ1) is 12.8. The number of hydrogen-bond donors (Lipinski definition) is 0. The van der Waals surface area contributed by atoms with Gasteiger partial charge in [0.15, 0.2) is 0 Å². The lowest BCUT2D eigenvalue weighted by molar-refractivity contribution is -0.0141. The van der Waals surface area contributed by atoms with Gasteiger partial charge in [0.1, 0.15) is 18.0 Å². The molecular formula is C22H34N2O3. The van der Waals surface area contributed by atoms with Crippen molar-refractivity contribution in [2.45, 2.75) is 77.9 Å². The van der Waals surface area contributed by atoms with Gasteiger partial charge in [-0.2, -0.15) is 0 Å². The molecule has 5 heteroatoms. The number of carbonyl (C=O) groups excluding carboxylic acids is 1. The molecule has 1 aliphatic carbocycles. The topological polar surface area (TPSA) is 51.7 Å². The van der Waals surface area contributed by atoms with Crippen LogP contribution in [0.5, 0.6) is 5.75 Å². The van der Waals surface area contributed by atoms with E-state index in [2.05, 4.69) is 24.9 Å². The van der Waals surface area contributed by atoms with Gasteiger partial charge < -0.3 is 14.4 Å². The molecule has 27 heavy (non-hydrogen) atoms. The Bertz CT molecular complexity index is 655. The van der Waals surface area contributed by atoms with Gasteiger partial charge in [-0.15, -0.1) is 0 Å². The molecule has 2 aliphatic rings. The summed E-state index contributed by atoms with van der Waals surface area (Å²) in [6.07, 6.45) is 8.32. The highest BCUT2D eigenvalue weighted by atomic mass is 16.6. The van der Waals surface area contributed by atoms with Crippen LogP contribution in [0.3, 0.4) is 0 Å². The molecule has 2 fully saturated rings. The highest BCUT2D eigenvalue weighted by molar-refractivity contribution is 5.69. The van der Waals surface area contributed by atoms with Gasteiger partial charge in [0.05, 0.1) is 12.2 Å². The number of rotatable bonds is 7. The molecule has 0 spiro atoms. The second-order valence-electron chi connectivity index (χ2n) is 9.07. The lowest BCUT2D eigenvalue weighted by atomic mass is 10.1. The number of hydrogen-bond acceptors (Lipinski definition) is 4. The normalized spacial score (nSPS) is 27.1. The van der Waals surface area contributed by atoms with E-state index in [1.807, 2.05) is 27.0 Å². The minimum absolute atomic E-state index is 0.0839. The van der Waals surface area contributed by atoms with Crippen LogP contribution in [0.2, 0.25) is 0 Å². The van der Waals surface area contributed by atoms with Gasteiger partial charge in [0, 0.05) is 12.7 Å². The van der Waals surface area contributed by atoms with Crippen LogP contribution in [0.4, 0.5) is 4.79 Å². The molecule has 0 radical (unpaired) electrons. The smallest absolute Gasteiger partial charge is 0.410 e. The number of pyridine rings is 1. The van der Waals surface area contributed by atoms with Crippen LogP contribution in [-0.4, -0.2) is 40.8 Å². The summed E-state index contributed by atoms with van der Waals surface area (Å²) in [6.45, 7) is 11.5. The third kappa shape index (κ3) is 4.94. The number of aromatic nitrogens is 1. The fourth-order valence-corrected chi connectivity index (χ4v) is 4.04. The fraction of sp³-hybridized carbons (Fsp3) is 0.727. The molecular weight excluding hydrogens is 340 g/mol. The Labute approximate surface area is 163 Å². The van der Waals surface area contributed by atoms with E-state index < -0.39 is 5.60 Å². The lowest BCUT2D eigenvalue weighted by Gasteiger charge is -2.40. The minimum atomic E-state index is -0.467. The molecule has 1 saturated carbocycles. The van der Waals surface area contributed by atoms with E-state index in [0.29, 0.717) is 12.5 Å². The number of likely N-dealkylation sites (tertiary alicyclic amines) is 1. The minimum Gasteiger partial charge on any atom is -0.490 e. The average molecular weight is 375 g/mol. The maximum atomic E-state index is 12.2. The molecule has 0 bridgehead atoms. The van der Waals surface area contributed by atoms with Crippen molar-refractivity contribution < 1.29 is 14.3 Å². The summed E-state index contributed by atoms with van der Waals surface area (Å²) in [5.74, 6) is 2.95. The molecule has 1 amide bonds. The first-order valence-corrected chi connectivity index (χ1v) is 10.4. The standard InChI is InChI=1S/C22H34N2O3/c1-6-7-8-19-15(2)20(19)16-11-18(13-23-12-16)26-14-17-9-10-24(17)21(25)27-22(3,4)5/h11-13,15,17,19-20H,6-10,14H2,1-5H3. The van der Waals surface area contributed by atoms with E-state index in [1.54, 1.807) is 11.1 Å². The molecule has 1 aromatic heterocycles. The van der Waals surface area contributed by atoms with Crippen LogP contribution < -0.4 is 4.74 Å². The summed E-state index contributed by atoms with van der Waals surface area (Å²) in [7, 11) is 0. The number of carbonyl (C=O) groups is 1. The maximum Gasteiger partial charge on any atom is 0.410 e. The Morgan fingerprint density at radius 3 is 2.74 bits per heavy atom. The van der Waals surface area contributed by atoms with Crippen LogP contribution >= 0.6 is 0 Å². The first kappa shape index (κ1) is 20.0. The zero-order valence-electron chi connectivity index (χ0n) is 17.4. The number of amides is 1. The van der Waals surface area contributed by atoms with Gasteiger partial charge in [-0.05, 0) is 63.0 Å². The Hall–Kier alpha value is -1.78. The van der Waals surface area contributed by atoms with E-state index in [4.69, 9.17) is 9.47 Å². The largest absolute Gasteiger partial charge is 0.490 e. The Balaban J connectivity index is 1.51. The van der Waals surface area contributed by atoms with Crippen LogP contribution in [0.15, 0.2) is 18.5 Å². The van der Waals surface area contributed by atoms with E-state index in [-0.39, 0.29) is 12.1 Å². The van der Waals surface area contributed by atoms with Gasteiger partial charge in [0.2, 0.25) is 0 Å². The zero-order chi connectivity index (χ0) is 19.6. The van der Waals surface area contributed by atoms with Crippen LogP contribution in [0.1, 0.15) is 71.8 Å². The molecule has 150 valence electrons. The Kier molecular flexibility index (Phi) is 5.97. The third-order valence-corrected chi connectivity index (χ3v) is 5.79. The molecule has 4 unspecified atom stereocenters. The zero-order valence-corrected chi connectivity index (χ0v) is 17.4. The second kappa shape index (κ2) is 8.07. The van der Waals surface area contributed by atoms with Crippen molar-refractivity contribution in [3.63, 3.8) is 0 Å². The van der Waals surface area contributed by atoms with Crippen molar-refractivity contribution in [3.8, 4) is 5.75 Å². The third-order valence-electron chi connectivity index (χ3n) is 5.79. The van der Waals surface area contributed by atoms with Crippen LogP contribution in [0, 0.1) is 11.8 Å². The van der Waals surface area contributed by atoms with Crippen molar-refractivity contribution in [2.75, 3.05) is 13.2 Å². The highest BCUT2D eigenvalue weighted by Crippen LogP contribution is 2.56. The first-order valence-electron chi connectivity index (χ1n) is 10.4. The van der Waals surface area contributed by atoms with Crippen LogP contribution in [-0.2, 0) is 4.74 Å². The van der Waals surface area contributed by atoms with Crippen molar-refractivity contribution in [1.82, 2.24) is 9.88 Å². The second-order valence-corrected chi connectivity index (χ2v) is 9.07. The summed E-state index contributed by atoms with van der Waals surface area (Å²) in [5, 5.41) is 0. The molecule has 1 aliphatic heterocycles. The van der Waals surface area contributed by atoms with Gasteiger partial charge in [0.25, 0.3) is 0 Å². The highest BCUT2D eigenvalue weighted by Gasteiger charge is 2.46. The predicted octanol–water partition coefficient (Wildman–Crippen LogP) is 5.01. The summed E-state index contributed by atoms with van der Waals surface area (Å²) < 4.78 is 11.4. The summed E-state index contributed by atoms with van der Waals surface area (Å²) in [4.78, 5) is 18.4. The van der Waals surface area contributed by atoms with Gasteiger partial charge in [-0.25, -0.2) is 4.79 Å². The maximum absolute atomic E-state index is 12.2. The predicted molar refractivity (Wildman–Crippen MR) is 106 cm³/mol.